The van der Waals surface area contributed by atoms with Crippen LogP contribution in [0.15, 0.2) is 91.0 Å². The third-order valence-corrected chi connectivity index (χ3v) is 7.35. The molecule has 1 unspecified atom stereocenters. The molecule has 0 spiro atoms. The minimum atomic E-state index is -4.50. The molecular weight excluding hydrogens is 535 g/mol. The monoisotopic (exact) mass is 563 g/mol. The lowest BCUT2D eigenvalue weighted by Gasteiger charge is -2.51. The summed E-state index contributed by atoms with van der Waals surface area (Å²) >= 11 is 0. The third-order valence-electron chi connectivity index (χ3n) is 7.35. The van der Waals surface area contributed by atoms with Gasteiger partial charge in [0.15, 0.2) is 0 Å². The Labute approximate surface area is 235 Å². The Bertz CT molecular complexity index is 1450. The highest BCUT2D eigenvalue weighted by Gasteiger charge is 2.57. The zero-order valence-corrected chi connectivity index (χ0v) is 22.1. The average Bonchev–Trinajstić information content (AvgIpc) is 3.34. The van der Waals surface area contributed by atoms with Crippen molar-refractivity contribution in [1.82, 2.24) is 15.1 Å². The Hall–Kier alpha value is -4.60. The number of rotatable bonds is 8. The molecule has 2 aliphatic heterocycles. The Morgan fingerprint density at radius 3 is 2.39 bits per heavy atom. The number of hydrogen-bond acceptors (Lipinski definition) is 4. The van der Waals surface area contributed by atoms with E-state index in [9.17, 15) is 27.6 Å². The zero-order chi connectivity index (χ0) is 29.1. The van der Waals surface area contributed by atoms with Crippen molar-refractivity contribution in [2.45, 2.75) is 43.8 Å². The van der Waals surface area contributed by atoms with Crippen LogP contribution in [0.1, 0.15) is 35.2 Å². The number of carbonyl (C=O) groups is 3. The minimum Gasteiger partial charge on any atom is -0.447 e. The number of alkyl halides is 3. The van der Waals surface area contributed by atoms with E-state index in [0.717, 1.165) is 23.3 Å². The van der Waals surface area contributed by atoms with Crippen LogP contribution in [-0.2, 0) is 27.0 Å². The fourth-order valence-electron chi connectivity index (χ4n) is 5.21. The largest absolute Gasteiger partial charge is 0.447 e. The first-order valence-electron chi connectivity index (χ1n) is 13.1. The quantitative estimate of drug-likeness (QED) is 0.383. The number of hydrogen-bond donors (Lipinski definition) is 1. The van der Waals surface area contributed by atoms with Crippen LogP contribution in [0, 0.1) is 0 Å². The second-order valence-corrected chi connectivity index (χ2v) is 9.95. The van der Waals surface area contributed by atoms with Crippen molar-refractivity contribution in [1.29, 1.82) is 0 Å². The molecule has 1 N–H and O–H groups in total. The number of nitrogens with one attached hydrogen (secondary N) is 1. The molecule has 3 amide bonds. The summed E-state index contributed by atoms with van der Waals surface area (Å²) < 4.78 is 44.6. The zero-order valence-electron chi connectivity index (χ0n) is 22.1. The first-order valence-corrected chi connectivity index (χ1v) is 13.1. The number of benzene rings is 3. The molecule has 41 heavy (non-hydrogen) atoms. The second-order valence-electron chi connectivity index (χ2n) is 9.95. The first-order chi connectivity index (χ1) is 19.6. The molecule has 5 rings (SSSR count). The van der Waals surface area contributed by atoms with Gasteiger partial charge in [-0.2, -0.15) is 13.2 Å². The number of amides is 3. The van der Waals surface area contributed by atoms with E-state index in [1.54, 1.807) is 13.0 Å². The first kappa shape index (κ1) is 27.9. The van der Waals surface area contributed by atoms with Gasteiger partial charge in [0.2, 0.25) is 11.8 Å². The van der Waals surface area contributed by atoms with Gasteiger partial charge in [0.1, 0.15) is 18.7 Å². The van der Waals surface area contributed by atoms with E-state index in [2.05, 4.69) is 5.32 Å². The van der Waals surface area contributed by atoms with Gasteiger partial charge in [0.05, 0.1) is 17.6 Å². The smallest absolute Gasteiger partial charge is 0.416 e. The van der Waals surface area contributed by atoms with Crippen molar-refractivity contribution < 1.29 is 32.3 Å². The van der Waals surface area contributed by atoms with Gasteiger partial charge in [0.25, 0.3) is 0 Å². The van der Waals surface area contributed by atoms with Crippen molar-refractivity contribution in [3.8, 4) is 0 Å². The summed E-state index contributed by atoms with van der Waals surface area (Å²) in [5.74, 6) is -0.954. The number of ether oxygens (including phenoxy) is 1. The van der Waals surface area contributed by atoms with Gasteiger partial charge in [-0.05, 0) is 35.7 Å². The summed E-state index contributed by atoms with van der Waals surface area (Å²) in [6.07, 6.45) is -1.51. The maximum Gasteiger partial charge on any atom is 0.416 e. The van der Waals surface area contributed by atoms with Crippen molar-refractivity contribution >= 4 is 24.0 Å². The SMILES string of the molecule is CC(C(=O)NCc1cccc(C(F)(F)F)c1)N1C(=O)[C@@H](N2C(=O)OC[C@@H]2c2ccccc2)[C@H]1/C=C/c1ccccc1. The normalized spacial score (nSPS) is 21.5. The Morgan fingerprint density at radius 2 is 1.71 bits per heavy atom. The highest BCUT2D eigenvalue weighted by Crippen LogP contribution is 2.38. The molecule has 0 saturated carbocycles. The second kappa shape index (κ2) is 11.5. The molecule has 0 aliphatic carbocycles. The van der Waals surface area contributed by atoms with Gasteiger partial charge >= 0.3 is 12.3 Å². The van der Waals surface area contributed by atoms with Crippen molar-refractivity contribution in [2.24, 2.45) is 0 Å². The summed E-state index contributed by atoms with van der Waals surface area (Å²) in [6, 6.07) is 20.4. The molecule has 4 atom stereocenters. The van der Waals surface area contributed by atoms with Crippen LogP contribution in [-0.4, -0.2) is 52.4 Å². The van der Waals surface area contributed by atoms with Crippen LogP contribution in [0.4, 0.5) is 18.0 Å². The molecule has 7 nitrogen and oxygen atoms in total. The van der Waals surface area contributed by atoms with Crippen molar-refractivity contribution in [3.63, 3.8) is 0 Å². The Balaban J connectivity index is 1.37. The highest BCUT2D eigenvalue weighted by atomic mass is 19.4. The summed E-state index contributed by atoms with van der Waals surface area (Å²) in [4.78, 5) is 42.4. The molecule has 2 fully saturated rings. The maximum absolute atomic E-state index is 13.6. The summed E-state index contributed by atoms with van der Waals surface area (Å²) in [7, 11) is 0. The average molecular weight is 564 g/mol. The van der Waals surface area contributed by atoms with Crippen LogP contribution in [0.5, 0.6) is 0 Å². The van der Waals surface area contributed by atoms with E-state index in [0.29, 0.717) is 0 Å². The van der Waals surface area contributed by atoms with Gasteiger partial charge < -0.3 is 15.0 Å². The van der Waals surface area contributed by atoms with Crippen molar-refractivity contribution in [2.75, 3.05) is 6.61 Å². The topological polar surface area (TPSA) is 79.0 Å². The summed E-state index contributed by atoms with van der Waals surface area (Å²) in [6.45, 7) is 1.50. The molecule has 3 aromatic carbocycles. The number of cyclic esters (lactones) is 1. The lowest BCUT2D eigenvalue weighted by Crippen LogP contribution is -2.73. The van der Waals surface area contributed by atoms with E-state index in [4.69, 9.17) is 4.74 Å². The third kappa shape index (κ3) is 5.82. The predicted molar refractivity (Wildman–Crippen MR) is 145 cm³/mol. The van der Waals surface area contributed by atoms with Crippen LogP contribution >= 0.6 is 0 Å². The molecule has 0 radical (unpaired) electrons. The van der Waals surface area contributed by atoms with E-state index in [1.807, 2.05) is 66.7 Å². The number of β-lactam (4-membered cyclic amide) rings is 1. The standard InChI is InChI=1S/C31H28F3N3O4/c1-20(28(38)35-18-22-11-8-14-24(17-22)31(32,33)34)36-25(16-15-21-9-4-2-5-10-21)27(29(36)39)37-26(19-41-30(37)40)23-12-6-3-7-13-23/h2-17,20,25-27H,18-19H2,1H3,(H,35,38)/b16-15+/t20?,25-,26-,27+/m1/s1. The van der Waals surface area contributed by atoms with Gasteiger partial charge in [-0.1, -0.05) is 84.9 Å². The fraction of sp³-hybridized carbons (Fsp3) is 0.258. The molecule has 0 bridgehead atoms. The summed E-state index contributed by atoms with van der Waals surface area (Å²) in [5, 5.41) is 2.64. The molecule has 2 heterocycles. The van der Waals surface area contributed by atoms with Gasteiger partial charge in [-0.3, -0.25) is 14.5 Å². The fourth-order valence-corrected chi connectivity index (χ4v) is 5.21. The summed E-state index contributed by atoms with van der Waals surface area (Å²) in [5.41, 5.74) is 1.16. The number of nitrogens with zero attached hydrogens (tertiary/aromatic N) is 2. The number of halogens is 3. The van der Waals surface area contributed by atoms with Crippen molar-refractivity contribution in [3.05, 3.63) is 113 Å². The van der Waals surface area contributed by atoms with Crippen LogP contribution in [0.3, 0.4) is 0 Å². The molecule has 3 aromatic rings. The van der Waals surface area contributed by atoms with Gasteiger partial charge in [0, 0.05) is 6.54 Å². The van der Waals surface area contributed by atoms with Gasteiger partial charge in [-0.15, -0.1) is 0 Å². The molecule has 10 heteroatoms. The van der Waals surface area contributed by atoms with E-state index < -0.39 is 53.8 Å². The maximum atomic E-state index is 13.6. The minimum absolute atomic E-state index is 0.0920. The van der Waals surface area contributed by atoms with Crippen LogP contribution in [0.25, 0.3) is 6.08 Å². The Morgan fingerprint density at radius 1 is 1.02 bits per heavy atom. The molecular formula is C31H28F3N3O4. The number of likely N-dealkylation sites (tertiary alicyclic amines) is 1. The predicted octanol–water partition coefficient (Wildman–Crippen LogP) is 5.20. The van der Waals surface area contributed by atoms with Gasteiger partial charge in [-0.25, -0.2) is 4.79 Å². The highest BCUT2D eigenvalue weighted by molar-refractivity contribution is 5.98. The molecule has 0 aromatic heterocycles. The van der Waals surface area contributed by atoms with Crippen LogP contribution in [0.2, 0.25) is 0 Å². The molecule has 212 valence electrons. The molecule has 2 aliphatic rings. The van der Waals surface area contributed by atoms with E-state index in [-0.39, 0.29) is 18.7 Å². The lowest BCUT2D eigenvalue weighted by molar-refractivity contribution is -0.162. The lowest BCUT2D eigenvalue weighted by atomic mass is 9.88. The van der Waals surface area contributed by atoms with Crippen LogP contribution < -0.4 is 5.32 Å². The Kier molecular flexibility index (Phi) is 7.83. The van der Waals surface area contributed by atoms with E-state index in [1.165, 1.54) is 21.9 Å². The van der Waals surface area contributed by atoms with E-state index >= 15 is 0 Å². The number of carbonyl (C=O) groups excluding carboxylic acids is 3. The molecule has 2 saturated heterocycles.